The molecule has 1 aromatic carbocycles. The number of nitrogens with one attached hydrogen (secondary N) is 1. The smallest absolute Gasteiger partial charge is 0.123 e. The van der Waals surface area contributed by atoms with Gasteiger partial charge in [-0.3, -0.25) is 0 Å². The summed E-state index contributed by atoms with van der Waals surface area (Å²) in [4.78, 5) is 1.28. The van der Waals surface area contributed by atoms with E-state index in [1.54, 1.807) is 23.5 Å². The summed E-state index contributed by atoms with van der Waals surface area (Å²) in [5.74, 6) is -0.182. The van der Waals surface area contributed by atoms with E-state index >= 15 is 0 Å². The molecular weight excluding hydrogens is 233 g/mol. The van der Waals surface area contributed by atoms with E-state index in [9.17, 15) is 4.39 Å². The van der Waals surface area contributed by atoms with Gasteiger partial charge in [0.05, 0.1) is 6.04 Å². The number of halogens is 1. The highest BCUT2D eigenvalue weighted by molar-refractivity contribution is 7.10. The first-order valence-electron chi connectivity index (χ1n) is 5.75. The summed E-state index contributed by atoms with van der Waals surface area (Å²) in [7, 11) is 0. The number of aryl methyl sites for hydroxylation is 1. The quantitative estimate of drug-likeness (QED) is 0.866. The maximum absolute atomic E-state index is 13.3. The summed E-state index contributed by atoms with van der Waals surface area (Å²) in [6.07, 6.45) is 0. The average molecular weight is 249 g/mol. The van der Waals surface area contributed by atoms with Gasteiger partial charge in [0.25, 0.3) is 0 Å². The van der Waals surface area contributed by atoms with Crippen molar-refractivity contribution in [2.45, 2.75) is 19.9 Å². The van der Waals surface area contributed by atoms with Gasteiger partial charge in [-0.2, -0.15) is 0 Å². The molecule has 0 saturated heterocycles. The maximum atomic E-state index is 13.3. The highest BCUT2D eigenvalue weighted by atomic mass is 32.1. The summed E-state index contributed by atoms with van der Waals surface area (Å²) in [5.41, 5.74) is 2.22. The third-order valence-corrected chi connectivity index (χ3v) is 3.66. The van der Waals surface area contributed by atoms with Gasteiger partial charge in [-0.1, -0.05) is 19.1 Å². The summed E-state index contributed by atoms with van der Waals surface area (Å²) in [6, 6.07) is 9.00. The molecule has 17 heavy (non-hydrogen) atoms. The van der Waals surface area contributed by atoms with E-state index in [1.165, 1.54) is 16.5 Å². The molecule has 0 radical (unpaired) electrons. The first kappa shape index (κ1) is 12.3. The zero-order valence-corrected chi connectivity index (χ0v) is 10.9. The third-order valence-electron chi connectivity index (χ3n) is 2.80. The van der Waals surface area contributed by atoms with Crippen LogP contribution in [0.2, 0.25) is 0 Å². The molecule has 0 saturated carbocycles. The Morgan fingerprint density at radius 2 is 2.18 bits per heavy atom. The second-order valence-electron chi connectivity index (χ2n) is 3.98. The van der Waals surface area contributed by atoms with Crippen molar-refractivity contribution in [3.05, 3.63) is 57.5 Å². The second kappa shape index (κ2) is 5.43. The van der Waals surface area contributed by atoms with Crippen LogP contribution in [-0.4, -0.2) is 6.54 Å². The Hall–Kier alpha value is -1.19. The Morgan fingerprint density at radius 3 is 2.76 bits per heavy atom. The van der Waals surface area contributed by atoms with Crippen molar-refractivity contribution in [1.29, 1.82) is 0 Å². The van der Waals surface area contributed by atoms with E-state index < -0.39 is 0 Å². The Balaban J connectivity index is 2.39. The topological polar surface area (TPSA) is 12.0 Å². The van der Waals surface area contributed by atoms with Crippen LogP contribution in [0.25, 0.3) is 0 Å². The Kier molecular flexibility index (Phi) is 3.92. The zero-order chi connectivity index (χ0) is 12.3. The van der Waals surface area contributed by atoms with Crippen molar-refractivity contribution in [2.75, 3.05) is 6.54 Å². The van der Waals surface area contributed by atoms with E-state index in [0.717, 1.165) is 12.1 Å². The second-order valence-corrected chi connectivity index (χ2v) is 5.10. The van der Waals surface area contributed by atoms with Crippen LogP contribution in [0.5, 0.6) is 0 Å². The average Bonchev–Trinajstić information content (AvgIpc) is 2.72. The van der Waals surface area contributed by atoms with Crippen LogP contribution >= 0.6 is 11.3 Å². The monoisotopic (exact) mass is 249 g/mol. The van der Waals surface area contributed by atoms with Gasteiger partial charge in [0.1, 0.15) is 5.82 Å². The largest absolute Gasteiger partial charge is 0.306 e. The normalized spacial score (nSPS) is 12.6. The SMILES string of the molecule is CCNC(c1cccc(F)c1)c1ccsc1C. The lowest BCUT2D eigenvalue weighted by atomic mass is 9.99. The fourth-order valence-corrected chi connectivity index (χ4v) is 2.73. The summed E-state index contributed by atoms with van der Waals surface area (Å²) in [5, 5.41) is 5.49. The molecule has 0 aliphatic carbocycles. The summed E-state index contributed by atoms with van der Waals surface area (Å²) >= 11 is 1.72. The van der Waals surface area contributed by atoms with E-state index in [4.69, 9.17) is 0 Å². The minimum absolute atomic E-state index is 0.0851. The van der Waals surface area contributed by atoms with Crippen molar-refractivity contribution in [3.8, 4) is 0 Å². The van der Waals surface area contributed by atoms with Crippen molar-refractivity contribution in [2.24, 2.45) is 0 Å². The molecule has 0 bridgehead atoms. The first-order chi connectivity index (χ1) is 8.22. The minimum Gasteiger partial charge on any atom is -0.306 e. The third kappa shape index (κ3) is 2.73. The van der Waals surface area contributed by atoms with Crippen LogP contribution in [0.4, 0.5) is 4.39 Å². The molecule has 0 amide bonds. The Morgan fingerprint density at radius 1 is 1.35 bits per heavy atom. The molecule has 1 aromatic heterocycles. The van der Waals surface area contributed by atoms with E-state index in [-0.39, 0.29) is 11.9 Å². The van der Waals surface area contributed by atoms with Crippen LogP contribution in [0.3, 0.4) is 0 Å². The predicted molar refractivity (Wildman–Crippen MR) is 71.0 cm³/mol. The van der Waals surface area contributed by atoms with Crippen LogP contribution < -0.4 is 5.32 Å². The summed E-state index contributed by atoms with van der Waals surface area (Å²) < 4.78 is 13.3. The van der Waals surface area contributed by atoms with Crippen LogP contribution in [0.1, 0.15) is 29.0 Å². The maximum Gasteiger partial charge on any atom is 0.123 e. The van der Waals surface area contributed by atoms with Gasteiger partial charge < -0.3 is 5.32 Å². The highest BCUT2D eigenvalue weighted by Crippen LogP contribution is 2.28. The molecule has 2 aromatic rings. The van der Waals surface area contributed by atoms with Crippen LogP contribution in [0.15, 0.2) is 35.7 Å². The number of benzene rings is 1. The first-order valence-corrected chi connectivity index (χ1v) is 6.63. The molecule has 3 heteroatoms. The fourth-order valence-electron chi connectivity index (χ4n) is 1.99. The van der Waals surface area contributed by atoms with Gasteiger partial charge in [-0.15, -0.1) is 11.3 Å². The molecule has 0 aliphatic heterocycles. The molecule has 1 atom stereocenters. The van der Waals surface area contributed by atoms with Crippen molar-refractivity contribution < 1.29 is 4.39 Å². The van der Waals surface area contributed by atoms with Crippen molar-refractivity contribution in [3.63, 3.8) is 0 Å². The molecule has 1 heterocycles. The molecular formula is C14H16FNS. The Bertz CT molecular complexity index is 492. The van der Waals surface area contributed by atoms with Crippen LogP contribution in [-0.2, 0) is 0 Å². The van der Waals surface area contributed by atoms with E-state index in [2.05, 4.69) is 30.6 Å². The molecule has 2 rings (SSSR count). The Labute approximate surface area is 105 Å². The molecule has 1 unspecified atom stereocenters. The molecule has 0 aliphatic rings. The van der Waals surface area contributed by atoms with Crippen molar-refractivity contribution >= 4 is 11.3 Å². The minimum atomic E-state index is -0.182. The number of rotatable bonds is 4. The van der Waals surface area contributed by atoms with E-state index in [0.29, 0.717) is 0 Å². The van der Waals surface area contributed by atoms with Crippen LogP contribution in [0, 0.1) is 12.7 Å². The van der Waals surface area contributed by atoms with Gasteiger partial charge in [0, 0.05) is 4.88 Å². The van der Waals surface area contributed by atoms with Gasteiger partial charge in [0.15, 0.2) is 0 Å². The number of hydrogen-bond acceptors (Lipinski definition) is 2. The standard InChI is InChI=1S/C14H16FNS/c1-3-16-14(13-7-8-17-10(13)2)11-5-4-6-12(15)9-11/h4-9,14,16H,3H2,1-2H3. The van der Waals surface area contributed by atoms with E-state index in [1.807, 2.05) is 6.07 Å². The molecule has 90 valence electrons. The predicted octanol–water partition coefficient (Wildman–Crippen LogP) is 3.89. The fraction of sp³-hybridized carbons (Fsp3) is 0.286. The number of hydrogen-bond donors (Lipinski definition) is 1. The lowest BCUT2D eigenvalue weighted by Crippen LogP contribution is -2.22. The molecule has 1 nitrogen and oxygen atoms in total. The number of thiophene rings is 1. The van der Waals surface area contributed by atoms with Crippen molar-refractivity contribution in [1.82, 2.24) is 5.32 Å². The van der Waals surface area contributed by atoms with Gasteiger partial charge in [0.2, 0.25) is 0 Å². The lowest BCUT2D eigenvalue weighted by Gasteiger charge is -2.18. The molecule has 0 fully saturated rings. The zero-order valence-electron chi connectivity index (χ0n) is 10.0. The van der Waals surface area contributed by atoms with Gasteiger partial charge in [-0.05, 0) is 48.2 Å². The van der Waals surface area contributed by atoms with Gasteiger partial charge >= 0.3 is 0 Å². The lowest BCUT2D eigenvalue weighted by molar-refractivity contribution is 0.603. The van der Waals surface area contributed by atoms with Gasteiger partial charge in [-0.25, -0.2) is 4.39 Å². The summed E-state index contributed by atoms with van der Waals surface area (Å²) in [6.45, 7) is 5.02. The highest BCUT2D eigenvalue weighted by Gasteiger charge is 2.16. The molecule has 1 N–H and O–H groups in total. The molecule has 0 spiro atoms.